The minimum Gasteiger partial charge on any atom is -0.356 e. The monoisotopic (exact) mass is 336 g/mol. The Morgan fingerprint density at radius 2 is 1.96 bits per heavy atom. The van der Waals surface area contributed by atoms with E-state index in [0.29, 0.717) is 23.6 Å². The first-order valence-corrected chi connectivity index (χ1v) is 9.37. The van der Waals surface area contributed by atoms with Crippen LogP contribution in [-0.4, -0.2) is 31.5 Å². The lowest BCUT2D eigenvalue weighted by molar-refractivity contribution is 0.427. The van der Waals surface area contributed by atoms with E-state index in [0.717, 1.165) is 29.7 Å². The molecule has 0 radical (unpaired) electrons. The van der Waals surface area contributed by atoms with Crippen molar-refractivity contribution in [1.82, 2.24) is 9.46 Å². The van der Waals surface area contributed by atoms with E-state index in [1.54, 1.807) is 19.2 Å². The first-order chi connectivity index (χ1) is 10.9. The number of rotatable bonds is 7. The van der Waals surface area contributed by atoms with E-state index >= 15 is 0 Å². The molecule has 126 valence electrons. The van der Waals surface area contributed by atoms with Crippen molar-refractivity contribution in [2.24, 2.45) is 0 Å². The van der Waals surface area contributed by atoms with Gasteiger partial charge in [0.15, 0.2) is 5.76 Å². The van der Waals surface area contributed by atoms with Crippen LogP contribution in [0.25, 0.3) is 11.3 Å². The van der Waals surface area contributed by atoms with Gasteiger partial charge in [0.05, 0.1) is 10.6 Å². The van der Waals surface area contributed by atoms with Gasteiger partial charge in [-0.1, -0.05) is 37.6 Å². The summed E-state index contributed by atoms with van der Waals surface area (Å²) in [4.78, 5) is 0.352. The molecule has 0 saturated carbocycles. The van der Waals surface area contributed by atoms with Crippen LogP contribution in [0.1, 0.15) is 37.9 Å². The third kappa shape index (κ3) is 3.82. The molecule has 0 bridgehead atoms. The average molecular weight is 336 g/mol. The molecule has 5 nitrogen and oxygen atoms in total. The summed E-state index contributed by atoms with van der Waals surface area (Å²) in [6, 6.07) is 7.23. The minimum atomic E-state index is -3.51. The summed E-state index contributed by atoms with van der Waals surface area (Å²) in [6.45, 7) is 6.36. The van der Waals surface area contributed by atoms with E-state index in [1.807, 2.05) is 32.9 Å². The number of hydrogen-bond donors (Lipinski definition) is 0. The lowest BCUT2D eigenvalue weighted by Gasteiger charge is -2.19. The second-order valence-corrected chi connectivity index (χ2v) is 7.70. The lowest BCUT2D eigenvalue weighted by atomic mass is 10.1. The SMILES string of the molecule is CCCCN(C)S(=O)(=O)c1cc(-c2cc(C)no2)ccc1CC. The number of sulfonamides is 1. The third-order valence-electron chi connectivity index (χ3n) is 3.88. The molecule has 2 rings (SSSR count). The maximum absolute atomic E-state index is 12.9. The molecule has 0 amide bonds. The number of hydrogen-bond acceptors (Lipinski definition) is 4. The Labute approximate surface area is 138 Å². The van der Waals surface area contributed by atoms with Crippen LogP contribution in [0.5, 0.6) is 0 Å². The van der Waals surface area contributed by atoms with Gasteiger partial charge in [0.25, 0.3) is 0 Å². The number of aromatic nitrogens is 1. The second-order valence-electron chi connectivity index (χ2n) is 5.69. The molecule has 0 unspecified atom stereocenters. The number of aryl methyl sites for hydroxylation is 2. The number of unbranched alkanes of at least 4 members (excludes halogenated alkanes) is 1. The maximum atomic E-state index is 12.9. The van der Waals surface area contributed by atoms with Gasteiger partial charge in [0.2, 0.25) is 10.0 Å². The molecule has 2 aromatic rings. The largest absolute Gasteiger partial charge is 0.356 e. The van der Waals surface area contributed by atoms with Gasteiger partial charge in [-0.15, -0.1) is 0 Å². The summed E-state index contributed by atoms with van der Waals surface area (Å²) >= 11 is 0. The Hall–Kier alpha value is -1.66. The molecule has 0 atom stereocenters. The summed E-state index contributed by atoms with van der Waals surface area (Å²) in [5.74, 6) is 0.581. The van der Waals surface area contributed by atoms with Crippen LogP contribution < -0.4 is 0 Å². The predicted octanol–water partition coefficient (Wildman–Crippen LogP) is 3.63. The van der Waals surface area contributed by atoms with Gasteiger partial charge < -0.3 is 4.52 Å². The molecule has 6 heteroatoms. The summed E-state index contributed by atoms with van der Waals surface area (Å²) in [5.41, 5.74) is 2.31. The van der Waals surface area contributed by atoms with E-state index in [4.69, 9.17) is 4.52 Å². The van der Waals surface area contributed by atoms with Crippen LogP contribution in [0.4, 0.5) is 0 Å². The van der Waals surface area contributed by atoms with E-state index in [9.17, 15) is 8.42 Å². The van der Waals surface area contributed by atoms with Gasteiger partial charge >= 0.3 is 0 Å². The van der Waals surface area contributed by atoms with E-state index in [1.165, 1.54) is 4.31 Å². The van der Waals surface area contributed by atoms with Gasteiger partial charge in [0.1, 0.15) is 0 Å². The summed E-state index contributed by atoms with van der Waals surface area (Å²) in [5, 5.41) is 3.87. The quantitative estimate of drug-likeness (QED) is 0.774. The zero-order valence-corrected chi connectivity index (χ0v) is 15.0. The van der Waals surface area contributed by atoms with Crippen molar-refractivity contribution in [3.63, 3.8) is 0 Å². The molecule has 0 fully saturated rings. The van der Waals surface area contributed by atoms with Crippen molar-refractivity contribution in [2.75, 3.05) is 13.6 Å². The van der Waals surface area contributed by atoms with Crippen molar-refractivity contribution in [1.29, 1.82) is 0 Å². The standard InChI is InChI=1S/C17H24N2O3S/c1-5-7-10-19(4)23(20,21)17-12-15(9-8-14(17)6-2)16-11-13(3)18-22-16/h8-9,11-12H,5-7,10H2,1-4H3. The second kappa shape index (κ2) is 7.27. The molecular weight excluding hydrogens is 312 g/mol. The Morgan fingerprint density at radius 3 is 2.52 bits per heavy atom. The molecule has 0 N–H and O–H groups in total. The molecule has 0 aliphatic rings. The highest BCUT2D eigenvalue weighted by molar-refractivity contribution is 7.89. The topological polar surface area (TPSA) is 63.4 Å². The lowest BCUT2D eigenvalue weighted by Crippen LogP contribution is -2.28. The molecule has 1 aromatic carbocycles. The van der Waals surface area contributed by atoms with Crippen molar-refractivity contribution < 1.29 is 12.9 Å². The fourth-order valence-electron chi connectivity index (χ4n) is 2.41. The van der Waals surface area contributed by atoms with Crippen LogP contribution in [0.15, 0.2) is 33.7 Å². The smallest absolute Gasteiger partial charge is 0.243 e. The normalized spacial score (nSPS) is 12.0. The van der Waals surface area contributed by atoms with Gasteiger partial charge in [-0.3, -0.25) is 0 Å². The van der Waals surface area contributed by atoms with E-state index < -0.39 is 10.0 Å². The molecule has 0 aliphatic heterocycles. The Morgan fingerprint density at radius 1 is 1.22 bits per heavy atom. The van der Waals surface area contributed by atoms with Crippen LogP contribution in [0, 0.1) is 6.92 Å². The van der Waals surface area contributed by atoms with Gasteiger partial charge in [0, 0.05) is 25.2 Å². The van der Waals surface area contributed by atoms with Gasteiger partial charge in [-0.25, -0.2) is 12.7 Å². The van der Waals surface area contributed by atoms with Crippen molar-refractivity contribution >= 4 is 10.0 Å². The number of benzene rings is 1. The molecular formula is C17H24N2O3S. The van der Waals surface area contributed by atoms with Gasteiger partial charge in [-0.2, -0.15) is 0 Å². The third-order valence-corrected chi connectivity index (χ3v) is 5.81. The van der Waals surface area contributed by atoms with Crippen molar-refractivity contribution in [2.45, 2.75) is 44.9 Å². The van der Waals surface area contributed by atoms with Gasteiger partial charge in [-0.05, 0) is 31.4 Å². The zero-order valence-electron chi connectivity index (χ0n) is 14.2. The molecule has 23 heavy (non-hydrogen) atoms. The summed E-state index contributed by atoms with van der Waals surface area (Å²) < 4.78 is 32.5. The van der Waals surface area contributed by atoms with Crippen LogP contribution in [0.2, 0.25) is 0 Å². The fourth-order valence-corrected chi connectivity index (χ4v) is 3.93. The molecule has 0 aliphatic carbocycles. The average Bonchev–Trinajstić information content (AvgIpc) is 2.98. The van der Waals surface area contributed by atoms with Crippen LogP contribution in [0.3, 0.4) is 0 Å². The van der Waals surface area contributed by atoms with Crippen LogP contribution in [-0.2, 0) is 16.4 Å². The number of nitrogens with zero attached hydrogens (tertiary/aromatic N) is 2. The molecule has 0 spiro atoms. The maximum Gasteiger partial charge on any atom is 0.243 e. The summed E-state index contributed by atoms with van der Waals surface area (Å²) in [6.07, 6.45) is 2.46. The molecule has 1 heterocycles. The van der Waals surface area contributed by atoms with Crippen LogP contribution >= 0.6 is 0 Å². The summed E-state index contributed by atoms with van der Waals surface area (Å²) in [7, 11) is -1.87. The molecule has 1 aromatic heterocycles. The Kier molecular flexibility index (Phi) is 5.59. The highest BCUT2D eigenvalue weighted by atomic mass is 32.2. The highest BCUT2D eigenvalue weighted by Crippen LogP contribution is 2.28. The molecule has 0 saturated heterocycles. The predicted molar refractivity (Wildman–Crippen MR) is 90.8 cm³/mol. The minimum absolute atomic E-state index is 0.352. The first kappa shape index (κ1) is 17.7. The Balaban J connectivity index is 2.47. The Bertz CT molecular complexity index is 766. The van der Waals surface area contributed by atoms with E-state index in [-0.39, 0.29) is 0 Å². The van der Waals surface area contributed by atoms with E-state index in [2.05, 4.69) is 5.16 Å². The fraction of sp³-hybridized carbons (Fsp3) is 0.471. The van der Waals surface area contributed by atoms with Crippen molar-refractivity contribution in [3.05, 3.63) is 35.5 Å². The highest BCUT2D eigenvalue weighted by Gasteiger charge is 2.24. The first-order valence-electron chi connectivity index (χ1n) is 7.93. The zero-order chi connectivity index (χ0) is 17.0. The van der Waals surface area contributed by atoms with Crippen molar-refractivity contribution in [3.8, 4) is 11.3 Å².